The van der Waals surface area contributed by atoms with Crippen molar-refractivity contribution in [3.8, 4) is 5.75 Å². The molecule has 0 radical (unpaired) electrons. The second kappa shape index (κ2) is 4.35. The predicted molar refractivity (Wildman–Crippen MR) is 60.4 cm³/mol. The molecule has 0 fully saturated rings. The lowest BCUT2D eigenvalue weighted by Crippen LogP contribution is -2.44. The van der Waals surface area contributed by atoms with Gasteiger partial charge >= 0.3 is 0 Å². The van der Waals surface area contributed by atoms with Crippen molar-refractivity contribution in [3.63, 3.8) is 0 Å². The van der Waals surface area contributed by atoms with Crippen molar-refractivity contribution in [1.29, 1.82) is 0 Å². The number of carbonyl (C=O) groups excluding carboxylic acids is 1. The van der Waals surface area contributed by atoms with Crippen molar-refractivity contribution in [2.45, 2.75) is 38.4 Å². The van der Waals surface area contributed by atoms with Crippen LogP contribution < -0.4 is 4.74 Å². The summed E-state index contributed by atoms with van der Waals surface area (Å²) in [6.07, 6.45) is 1.23. The molecule has 17 heavy (non-hydrogen) atoms. The molecule has 92 valence electrons. The number of ether oxygens (including phenoxy) is 2. The van der Waals surface area contributed by atoms with Gasteiger partial charge in [-0.2, -0.15) is 0 Å². The van der Waals surface area contributed by atoms with Gasteiger partial charge in [-0.05, 0) is 50.5 Å². The maximum absolute atomic E-state index is 13.0. The summed E-state index contributed by atoms with van der Waals surface area (Å²) in [6, 6.07) is 4.47. The molecule has 1 aliphatic heterocycles. The SMILES string of the molecule is CC(C)(OC=O)C1CCc2cc(F)ccc2O1. The fraction of sp³-hybridized carbons (Fsp3) is 0.462. The van der Waals surface area contributed by atoms with Crippen molar-refractivity contribution >= 4 is 6.47 Å². The highest BCUT2D eigenvalue weighted by atomic mass is 19.1. The van der Waals surface area contributed by atoms with Gasteiger partial charge in [-0.1, -0.05) is 0 Å². The number of benzene rings is 1. The van der Waals surface area contributed by atoms with Crippen LogP contribution in [0.15, 0.2) is 18.2 Å². The maximum Gasteiger partial charge on any atom is 0.293 e. The van der Waals surface area contributed by atoms with Crippen LogP contribution in [-0.2, 0) is 16.0 Å². The molecule has 1 unspecified atom stereocenters. The van der Waals surface area contributed by atoms with Gasteiger partial charge in [0.05, 0.1) is 0 Å². The van der Waals surface area contributed by atoms with Crippen molar-refractivity contribution in [2.24, 2.45) is 0 Å². The van der Waals surface area contributed by atoms with Gasteiger partial charge in [0, 0.05) is 0 Å². The average Bonchev–Trinajstić information content (AvgIpc) is 2.28. The van der Waals surface area contributed by atoms with E-state index in [1.165, 1.54) is 12.1 Å². The molecule has 0 aromatic heterocycles. The molecule has 0 aliphatic carbocycles. The zero-order valence-corrected chi connectivity index (χ0v) is 9.90. The van der Waals surface area contributed by atoms with E-state index in [0.29, 0.717) is 18.6 Å². The molecule has 1 aromatic rings. The molecule has 1 atom stereocenters. The molecule has 1 heterocycles. The number of aryl methyl sites for hydroxylation is 1. The Kier molecular flexibility index (Phi) is 3.05. The van der Waals surface area contributed by atoms with Crippen LogP contribution >= 0.6 is 0 Å². The lowest BCUT2D eigenvalue weighted by Gasteiger charge is -2.36. The summed E-state index contributed by atoms with van der Waals surface area (Å²) in [6.45, 7) is 4.05. The first-order valence-electron chi connectivity index (χ1n) is 5.59. The molecule has 0 bridgehead atoms. The molecule has 0 amide bonds. The van der Waals surface area contributed by atoms with Gasteiger partial charge in [-0.25, -0.2) is 4.39 Å². The predicted octanol–water partition coefficient (Wildman–Crippen LogP) is 2.47. The zero-order valence-electron chi connectivity index (χ0n) is 9.90. The van der Waals surface area contributed by atoms with E-state index in [1.54, 1.807) is 19.9 Å². The summed E-state index contributed by atoms with van der Waals surface area (Å²) < 4.78 is 23.8. The van der Waals surface area contributed by atoms with E-state index in [2.05, 4.69) is 0 Å². The standard InChI is InChI=1S/C13H15FO3/c1-13(2,16-8-15)12-6-3-9-7-10(14)4-5-11(9)17-12/h4-5,7-8,12H,3,6H2,1-2H3. The largest absolute Gasteiger partial charge is 0.486 e. The molecule has 0 saturated heterocycles. The van der Waals surface area contributed by atoms with Crippen LogP contribution in [0.5, 0.6) is 5.75 Å². The number of rotatable bonds is 3. The number of carbonyl (C=O) groups is 1. The highest BCUT2D eigenvalue weighted by Crippen LogP contribution is 2.33. The van der Waals surface area contributed by atoms with Crippen molar-refractivity contribution in [1.82, 2.24) is 0 Å². The van der Waals surface area contributed by atoms with E-state index in [4.69, 9.17) is 9.47 Å². The Bertz CT molecular complexity index is 429. The minimum atomic E-state index is -0.673. The van der Waals surface area contributed by atoms with Crippen molar-refractivity contribution < 1.29 is 18.7 Å². The van der Waals surface area contributed by atoms with Gasteiger partial charge in [0.2, 0.25) is 0 Å². The molecule has 1 aromatic carbocycles. The lowest BCUT2D eigenvalue weighted by molar-refractivity contribution is -0.150. The van der Waals surface area contributed by atoms with Gasteiger partial charge in [-0.15, -0.1) is 0 Å². The summed E-state index contributed by atoms with van der Waals surface area (Å²) >= 11 is 0. The first-order valence-corrected chi connectivity index (χ1v) is 5.59. The number of hydrogen-bond donors (Lipinski definition) is 0. The second-order valence-electron chi connectivity index (χ2n) is 4.71. The fourth-order valence-electron chi connectivity index (χ4n) is 2.05. The van der Waals surface area contributed by atoms with Gasteiger partial charge in [0.25, 0.3) is 6.47 Å². The number of hydrogen-bond acceptors (Lipinski definition) is 3. The number of fused-ring (bicyclic) bond motifs is 1. The van der Waals surface area contributed by atoms with Crippen LogP contribution in [0.3, 0.4) is 0 Å². The zero-order chi connectivity index (χ0) is 12.5. The molecule has 0 saturated carbocycles. The van der Waals surface area contributed by atoms with E-state index in [0.717, 1.165) is 12.0 Å². The summed E-state index contributed by atoms with van der Waals surface area (Å²) in [5, 5.41) is 0. The third-order valence-electron chi connectivity index (χ3n) is 3.09. The van der Waals surface area contributed by atoms with Crippen LogP contribution in [0.4, 0.5) is 4.39 Å². The lowest BCUT2D eigenvalue weighted by atomic mass is 9.92. The Morgan fingerprint density at radius 3 is 3.00 bits per heavy atom. The van der Waals surface area contributed by atoms with Gasteiger partial charge in [0.15, 0.2) is 0 Å². The summed E-state index contributed by atoms with van der Waals surface area (Å²) in [5.41, 5.74) is 0.191. The minimum Gasteiger partial charge on any atom is -0.486 e. The highest BCUT2D eigenvalue weighted by molar-refractivity contribution is 5.39. The summed E-state index contributed by atoms with van der Waals surface area (Å²) in [4.78, 5) is 10.4. The Labute approximate surface area is 99.5 Å². The first-order chi connectivity index (χ1) is 8.03. The normalized spacial score (nSPS) is 19.1. The number of halogens is 1. The van der Waals surface area contributed by atoms with Crippen LogP contribution in [0.2, 0.25) is 0 Å². The quantitative estimate of drug-likeness (QED) is 0.759. The van der Waals surface area contributed by atoms with Crippen LogP contribution in [0.25, 0.3) is 0 Å². The van der Waals surface area contributed by atoms with E-state index < -0.39 is 5.60 Å². The summed E-state index contributed by atoms with van der Waals surface area (Å²) in [7, 11) is 0. The summed E-state index contributed by atoms with van der Waals surface area (Å²) in [5.74, 6) is 0.416. The Morgan fingerprint density at radius 1 is 1.53 bits per heavy atom. The van der Waals surface area contributed by atoms with Gasteiger partial charge in [-0.3, -0.25) is 4.79 Å². The Hall–Kier alpha value is -1.58. The average molecular weight is 238 g/mol. The molecular formula is C13H15FO3. The van der Waals surface area contributed by atoms with E-state index in [-0.39, 0.29) is 11.9 Å². The second-order valence-corrected chi connectivity index (χ2v) is 4.71. The molecule has 1 aliphatic rings. The van der Waals surface area contributed by atoms with Gasteiger partial charge < -0.3 is 9.47 Å². The third kappa shape index (κ3) is 2.40. The Morgan fingerprint density at radius 2 is 2.29 bits per heavy atom. The molecule has 2 rings (SSSR count). The highest BCUT2D eigenvalue weighted by Gasteiger charge is 2.35. The van der Waals surface area contributed by atoms with Gasteiger partial charge in [0.1, 0.15) is 23.3 Å². The maximum atomic E-state index is 13.0. The van der Waals surface area contributed by atoms with E-state index in [9.17, 15) is 9.18 Å². The van der Waals surface area contributed by atoms with Crippen molar-refractivity contribution in [2.75, 3.05) is 0 Å². The topological polar surface area (TPSA) is 35.5 Å². The molecule has 4 heteroatoms. The smallest absolute Gasteiger partial charge is 0.293 e. The van der Waals surface area contributed by atoms with E-state index >= 15 is 0 Å². The van der Waals surface area contributed by atoms with Crippen LogP contribution in [0, 0.1) is 5.82 Å². The monoisotopic (exact) mass is 238 g/mol. The van der Waals surface area contributed by atoms with Crippen LogP contribution in [0.1, 0.15) is 25.8 Å². The Balaban J connectivity index is 2.18. The molecular weight excluding hydrogens is 223 g/mol. The minimum absolute atomic E-state index is 0.203. The van der Waals surface area contributed by atoms with Crippen LogP contribution in [-0.4, -0.2) is 18.2 Å². The molecule has 0 spiro atoms. The third-order valence-corrected chi connectivity index (χ3v) is 3.09. The van der Waals surface area contributed by atoms with E-state index in [1.807, 2.05) is 0 Å². The molecule has 0 N–H and O–H groups in total. The fourth-order valence-corrected chi connectivity index (χ4v) is 2.05. The first kappa shape index (κ1) is 11.9. The molecule has 3 nitrogen and oxygen atoms in total. The van der Waals surface area contributed by atoms with Crippen molar-refractivity contribution in [3.05, 3.63) is 29.6 Å².